The molecule has 1 aliphatic rings. The van der Waals surface area contributed by atoms with Gasteiger partial charge in [0.05, 0.1) is 23.5 Å². The molecule has 5 rings (SSSR count). The second-order valence-electron chi connectivity index (χ2n) is 7.41. The summed E-state index contributed by atoms with van der Waals surface area (Å²) in [6.07, 6.45) is 1.66. The third-order valence-electron chi connectivity index (χ3n) is 5.26. The highest BCUT2D eigenvalue weighted by Gasteiger charge is 2.23. The largest absolute Gasteiger partial charge is 0.478 e. The van der Waals surface area contributed by atoms with Crippen molar-refractivity contribution in [1.29, 1.82) is 0 Å². The molecule has 0 fully saturated rings. The van der Waals surface area contributed by atoms with Crippen LogP contribution in [0.3, 0.4) is 0 Å². The number of fused-ring (bicyclic) bond motifs is 3. The van der Waals surface area contributed by atoms with Crippen LogP contribution in [0.15, 0.2) is 77.9 Å². The highest BCUT2D eigenvalue weighted by molar-refractivity contribution is 6.31. The molecule has 0 bridgehead atoms. The Balaban J connectivity index is 0.00000274. The van der Waals surface area contributed by atoms with Crippen LogP contribution in [0.4, 0.5) is 16.0 Å². The van der Waals surface area contributed by atoms with Crippen molar-refractivity contribution in [3.05, 3.63) is 106 Å². The second-order valence-corrected chi connectivity index (χ2v) is 7.85. The summed E-state index contributed by atoms with van der Waals surface area (Å²) in [5, 5.41) is 12.8. The molecule has 0 amide bonds. The Labute approximate surface area is 200 Å². The van der Waals surface area contributed by atoms with Gasteiger partial charge in [-0.2, -0.15) is 0 Å². The van der Waals surface area contributed by atoms with E-state index in [4.69, 9.17) is 11.6 Å². The lowest BCUT2D eigenvalue weighted by molar-refractivity contribution is 0.0697. The number of rotatable bonds is 4. The first-order valence-corrected chi connectivity index (χ1v) is 10.4. The lowest BCUT2D eigenvalue weighted by Gasteiger charge is -2.13. The monoisotopic (exact) mass is 474 g/mol. The summed E-state index contributed by atoms with van der Waals surface area (Å²) >= 11 is 6.29. The minimum atomic E-state index is -1.02. The van der Waals surface area contributed by atoms with E-state index >= 15 is 0 Å². The number of aliphatic imine (C=N–C) groups is 1. The number of hydrogen-bond donors (Lipinski definition) is 2. The Morgan fingerprint density at radius 1 is 1.00 bits per heavy atom. The van der Waals surface area contributed by atoms with E-state index in [-0.39, 0.29) is 25.4 Å². The average Bonchev–Trinajstić information content (AvgIpc) is 2.96. The van der Waals surface area contributed by atoms with E-state index in [1.54, 1.807) is 48.7 Å². The summed E-state index contributed by atoms with van der Waals surface area (Å²) in [5.74, 6) is -1.10. The average molecular weight is 475 g/mol. The predicted molar refractivity (Wildman–Crippen MR) is 132 cm³/mol. The molecule has 3 aromatic carbocycles. The van der Waals surface area contributed by atoms with Crippen LogP contribution < -0.4 is 5.32 Å². The highest BCUT2D eigenvalue weighted by Crippen LogP contribution is 2.34. The lowest BCUT2D eigenvalue weighted by Crippen LogP contribution is -2.07. The Morgan fingerprint density at radius 2 is 1.82 bits per heavy atom. The van der Waals surface area contributed by atoms with Crippen molar-refractivity contribution in [2.45, 2.75) is 14.0 Å². The first kappa shape index (κ1) is 23.1. The van der Waals surface area contributed by atoms with E-state index in [2.05, 4.69) is 20.3 Å². The van der Waals surface area contributed by atoms with Crippen molar-refractivity contribution in [2.75, 3.05) is 5.32 Å². The summed E-state index contributed by atoms with van der Waals surface area (Å²) in [5.41, 5.74) is 4.40. The summed E-state index contributed by atoms with van der Waals surface area (Å²) < 4.78 is 14.6. The second kappa shape index (κ2) is 9.41. The van der Waals surface area contributed by atoms with Crippen LogP contribution in [0.25, 0.3) is 11.3 Å². The third kappa shape index (κ3) is 4.38. The van der Waals surface area contributed by atoms with Crippen LogP contribution in [0, 0.1) is 5.82 Å². The van der Waals surface area contributed by atoms with Gasteiger partial charge in [-0.05, 0) is 42.5 Å². The standard InChI is InChI=1S/C25H16ClFN4O2.CH4/c26-16-8-9-18-20(11-16)23(19-6-1-2-7-21(19)27)28-12-15-13-29-25(31-22(15)18)30-17-5-3-4-14(10-17)24(32)33;/h1-11,13H,12H2,(H,32,33)(H,29,30,31);1H4. The maximum absolute atomic E-state index is 14.6. The quantitative estimate of drug-likeness (QED) is 0.359. The number of carbonyl (C=O) groups is 1. The highest BCUT2D eigenvalue weighted by atomic mass is 35.5. The van der Waals surface area contributed by atoms with Crippen molar-refractivity contribution in [3.8, 4) is 11.3 Å². The minimum absolute atomic E-state index is 0. The molecule has 0 saturated carbocycles. The first-order chi connectivity index (χ1) is 16.0. The van der Waals surface area contributed by atoms with Crippen molar-refractivity contribution in [1.82, 2.24) is 9.97 Å². The molecular formula is C26H20ClFN4O2. The van der Waals surface area contributed by atoms with E-state index in [0.29, 0.717) is 39.2 Å². The van der Waals surface area contributed by atoms with Gasteiger partial charge < -0.3 is 10.4 Å². The van der Waals surface area contributed by atoms with Crippen molar-refractivity contribution >= 4 is 34.9 Å². The molecule has 2 N–H and O–H groups in total. The number of hydrogen-bond acceptors (Lipinski definition) is 5. The molecule has 170 valence electrons. The van der Waals surface area contributed by atoms with Gasteiger partial charge in [0, 0.05) is 39.2 Å². The van der Waals surface area contributed by atoms with E-state index in [0.717, 1.165) is 11.1 Å². The SMILES string of the molecule is C.O=C(O)c1cccc(Nc2ncc3c(n2)-c2ccc(Cl)cc2C(c2ccccc2F)=NC3)c1. The van der Waals surface area contributed by atoms with E-state index in [1.807, 2.05) is 6.07 Å². The maximum atomic E-state index is 14.6. The van der Waals surface area contributed by atoms with Gasteiger partial charge in [0.2, 0.25) is 5.95 Å². The van der Waals surface area contributed by atoms with Gasteiger partial charge in [0.25, 0.3) is 0 Å². The summed E-state index contributed by atoms with van der Waals surface area (Å²) in [6.45, 7) is 0.264. The molecule has 0 spiro atoms. The zero-order valence-electron chi connectivity index (χ0n) is 17.1. The van der Waals surface area contributed by atoms with Crippen LogP contribution in [-0.2, 0) is 6.54 Å². The minimum Gasteiger partial charge on any atom is -0.478 e. The van der Waals surface area contributed by atoms with Crippen molar-refractivity contribution in [2.24, 2.45) is 4.99 Å². The Hall–Kier alpha value is -4.10. The molecule has 1 aliphatic heterocycles. The van der Waals surface area contributed by atoms with Gasteiger partial charge in [-0.3, -0.25) is 4.99 Å². The van der Waals surface area contributed by atoms with Gasteiger partial charge in [-0.15, -0.1) is 0 Å². The topological polar surface area (TPSA) is 87.5 Å². The fourth-order valence-corrected chi connectivity index (χ4v) is 3.90. The van der Waals surface area contributed by atoms with Gasteiger partial charge in [0.15, 0.2) is 0 Å². The molecule has 0 unspecified atom stereocenters. The lowest BCUT2D eigenvalue weighted by atomic mass is 9.95. The van der Waals surface area contributed by atoms with Gasteiger partial charge >= 0.3 is 5.97 Å². The van der Waals surface area contributed by atoms with Gasteiger partial charge in [0.1, 0.15) is 5.82 Å². The van der Waals surface area contributed by atoms with Crippen LogP contribution in [-0.4, -0.2) is 26.8 Å². The smallest absolute Gasteiger partial charge is 0.335 e. The first-order valence-electron chi connectivity index (χ1n) is 10.1. The molecule has 0 aliphatic carbocycles. The Morgan fingerprint density at radius 3 is 2.62 bits per heavy atom. The predicted octanol–water partition coefficient (Wildman–Crippen LogP) is 6.37. The fourth-order valence-electron chi connectivity index (χ4n) is 3.73. The van der Waals surface area contributed by atoms with E-state index in [1.165, 1.54) is 18.2 Å². The molecule has 0 saturated heterocycles. The number of nitrogens with one attached hydrogen (secondary N) is 1. The summed E-state index contributed by atoms with van der Waals surface area (Å²) in [4.78, 5) is 25.0. The zero-order chi connectivity index (χ0) is 22.9. The van der Waals surface area contributed by atoms with Gasteiger partial charge in [-0.1, -0.05) is 43.3 Å². The molecule has 4 aromatic rings. The molecular weight excluding hydrogens is 455 g/mol. The Kier molecular flexibility index (Phi) is 6.38. The number of benzene rings is 3. The summed E-state index contributed by atoms with van der Waals surface area (Å²) in [6, 6.07) is 18.2. The number of carboxylic acids is 1. The van der Waals surface area contributed by atoms with Crippen LogP contribution in [0.1, 0.15) is 34.5 Å². The molecule has 34 heavy (non-hydrogen) atoms. The number of anilines is 2. The van der Waals surface area contributed by atoms with E-state index < -0.39 is 5.97 Å². The number of nitrogens with zero attached hydrogens (tertiary/aromatic N) is 3. The molecule has 1 aromatic heterocycles. The third-order valence-corrected chi connectivity index (χ3v) is 5.49. The summed E-state index contributed by atoms with van der Waals surface area (Å²) in [7, 11) is 0. The van der Waals surface area contributed by atoms with Crippen LogP contribution in [0.2, 0.25) is 5.02 Å². The number of carboxylic acid groups (broad SMARTS) is 1. The molecule has 6 nitrogen and oxygen atoms in total. The number of aromatic carboxylic acids is 1. The van der Waals surface area contributed by atoms with E-state index in [9.17, 15) is 14.3 Å². The van der Waals surface area contributed by atoms with Crippen LogP contribution >= 0.6 is 11.6 Å². The van der Waals surface area contributed by atoms with Crippen molar-refractivity contribution < 1.29 is 14.3 Å². The zero-order valence-corrected chi connectivity index (χ0v) is 17.8. The molecule has 2 heterocycles. The number of halogens is 2. The van der Waals surface area contributed by atoms with Crippen LogP contribution in [0.5, 0.6) is 0 Å². The molecule has 0 radical (unpaired) electrons. The van der Waals surface area contributed by atoms with Crippen molar-refractivity contribution in [3.63, 3.8) is 0 Å². The fraction of sp³-hybridized carbons (Fsp3) is 0.0769. The van der Waals surface area contributed by atoms with Gasteiger partial charge in [-0.25, -0.2) is 19.2 Å². The molecule has 0 atom stereocenters. The Bertz CT molecular complexity index is 1440. The number of aromatic nitrogens is 2. The normalized spacial score (nSPS) is 11.9. The maximum Gasteiger partial charge on any atom is 0.335 e. The molecule has 8 heteroatoms.